The molecular weight excluding hydrogens is 437 g/mol. The SMILES string of the molecule is CNc1nccc(-c2sc(C3CC3)nc2-c2cc(Cl)cc(NS(C)(=O)=O)c2F)n1. The van der Waals surface area contributed by atoms with Crippen molar-refractivity contribution < 1.29 is 12.8 Å². The minimum atomic E-state index is -3.68. The largest absolute Gasteiger partial charge is 0.357 e. The van der Waals surface area contributed by atoms with Crippen molar-refractivity contribution in [1.29, 1.82) is 0 Å². The van der Waals surface area contributed by atoms with Crippen molar-refractivity contribution in [2.45, 2.75) is 18.8 Å². The molecule has 11 heteroatoms. The second-order valence-electron chi connectivity index (χ2n) is 6.71. The molecule has 2 heterocycles. The third-order valence-electron chi connectivity index (χ3n) is 4.27. The van der Waals surface area contributed by atoms with Gasteiger partial charge < -0.3 is 5.32 Å². The molecule has 0 bridgehead atoms. The predicted octanol–water partition coefficient (Wildman–Crippen LogP) is 4.35. The fraction of sp³-hybridized carbons (Fsp3) is 0.278. The first-order valence-corrected chi connectivity index (χ1v) is 11.8. The fourth-order valence-electron chi connectivity index (χ4n) is 2.84. The fourth-order valence-corrected chi connectivity index (χ4v) is 4.82. The van der Waals surface area contributed by atoms with Gasteiger partial charge in [-0.25, -0.2) is 27.8 Å². The maximum Gasteiger partial charge on any atom is 0.229 e. The molecule has 2 N–H and O–H groups in total. The number of thiazole rings is 1. The zero-order valence-corrected chi connectivity index (χ0v) is 17.9. The van der Waals surface area contributed by atoms with Crippen LogP contribution in [0.15, 0.2) is 24.4 Å². The first-order valence-electron chi connectivity index (χ1n) is 8.74. The Balaban J connectivity index is 1.91. The van der Waals surface area contributed by atoms with Crippen LogP contribution in [0.4, 0.5) is 16.0 Å². The second kappa shape index (κ2) is 7.51. The van der Waals surface area contributed by atoms with E-state index in [1.165, 1.54) is 23.5 Å². The molecule has 152 valence electrons. The van der Waals surface area contributed by atoms with E-state index in [9.17, 15) is 8.42 Å². The number of rotatable bonds is 6. The number of nitrogens with one attached hydrogen (secondary N) is 2. The summed E-state index contributed by atoms with van der Waals surface area (Å²) in [6.45, 7) is 0. The van der Waals surface area contributed by atoms with E-state index in [1.807, 2.05) is 0 Å². The van der Waals surface area contributed by atoms with Crippen LogP contribution in [-0.4, -0.2) is 36.7 Å². The lowest BCUT2D eigenvalue weighted by molar-refractivity contribution is 0.604. The van der Waals surface area contributed by atoms with E-state index in [0.29, 0.717) is 28.1 Å². The molecule has 0 aliphatic heterocycles. The van der Waals surface area contributed by atoms with E-state index in [0.717, 1.165) is 24.1 Å². The number of nitrogens with zero attached hydrogens (tertiary/aromatic N) is 3. The average molecular weight is 454 g/mol. The lowest BCUT2D eigenvalue weighted by atomic mass is 10.1. The van der Waals surface area contributed by atoms with Gasteiger partial charge in [-0.05, 0) is 31.0 Å². The molecule has 1 saturated carbocycles. The molecule has 1 aliphatic carbocycles. The Kier molecular flexibility index (Phi) is 5.18. The summed E-state index contributed by atoms with van der Waals surface area (Å²) in [5.74, 6) is 0.0476. The number of sulfonamides is 1. The van der Waals surface area contributed by atoms with Crippen LogP contribution in [0.2, 0.25) is 5.02 Å². The minimum Gasteiger partial charge on any atom is -0.357 e. The van der Waals surface area contributed by atoms with Crippen molar-refractivity contribution in [2.24, 2.45) is 0 Å². The van der Waals surface area contributed by atoms with E-state index in [-0.39, 0.29) is 16.3 Å². The van der Waals surface area contributed by atoms with E-state index >= 15 is 4.39 Å². The summed E-state index contributed by atoms with van der Waals surface area (Å²) in [4.78, 5) is 13.9. The molecule has 0 unspecified atom stereocenters. The number of halogens is 2. The van der Waals surface area contributed by atoms with Crippen LogP contribution in [0.25, 0.3) is 21.8 Å². The normalized spacial score (nSPS) is 14.1. The second-order valence-corrected chi connectivity index (χ2v) is 9.92. The first-order chi connectivity index (χ1) is 13.7. The van der Waals surface area contributed by atoms with Crippen molar-refractivity contribution in [3.63, 3.8) is 0 Å². The zero-order valence-electron chi connectivity index (χ0n) is 15.5. The molecule has 29 heavy (non-hydrogen) atoms. The highest BCUT2D eigenvalue weighted by atomic mass is 35.5. The lowest BCUT2D eigenvalue weighted by Crippen LogP contribution is -2.11. The van der Waals surface area contributed by atoms with E-state index in [1.54, 1.807) is 19.3 Å². The molecule has 7 nitrogen and oxygen atoms in total. The van der Waals surface area contributed by atoms with Gasteiger partial charge >= 0.3 is 0 Å². The number of benzene rings is 1. The smallest absolute Gasteiger partial charge is 0.229 e. The van der Waals surface area contributed by atoms with Crippen molar-refractivity contribution in [3.05, 3.63) is 40.2 Å². The highest BCUT2D eigenvalue weighted by Gasteiger charge is 2.30. The van der Waals surface area contributed by atoms with Crippen molar-refractivity contribution in [3.8, 4) is 21.8 Å². The van der Waals surface area contributed by atoms with Crippen molar-refractivity contribution in [2.75, 3.05) is 23.3 Å². The molecular formula is C18H17ClFN5O2S2. The van der Waals surface area contributed by atoms with Gasteiger partial charge in [0.25, 0.3) is 0 Å². The summed E-state index contributed by atoms with van der Waals surface area (Å²) >= 11 is 7.62. The van der Waals surface area contributed by atoms with Crippen LogP contribution in [0, 0.1) is 5.82 Å². The molecule has 1 aromatic carbocycles. The zero-order chi connectivity index (χ0) is 20.8. The van der Waals surface area contributed by atoms with Crippen LogP contribution < -0.4 is 10.0 Å². The van der Waals surface area contributed by atoms with Gasteiger partial charge in [-0.1, -0.05) is 11.6 Å². The Morgan fingerprint density at radius 2 is 2.03 bits per heavy atom. The molecule has 2 aromatic heterocycles. The van der Waals surface area contributed by atoms with Gasteiger partial charge in [0.15, 0.2) is 5.82 Å². The molecule has 3 aromatic rings. The van der Waals surface area contributed by atoms with Crippen LogP contribution in [0.5, 0.6) is 0 Å². The molecule has 0 radical (unpaired) electrons. The highest BCUT2D eigenvalue weighted by molar-refractivity contribution is 7.92. The van der Waals surface area contributed by atoms with Gasteiger partial charge in [0, 0.05) is 29.7 Å². The Morgan fingerprint density at radius 1 is 1.28 bits per heavy atom. The first kappa shape index (κ1) is 20.0. The number of aromatic nitrogens is 3. The molecule has 4 rings (SSSR count). The average Bonchev–Trinajstić information content (AvgIpc) is 3.42. The monoisotopic (exact) mass is 453 g/mol. The topological polar surface area (TPSA) is 96.9 Å². The maximum absolute atomic E-state index is 15.3. The van der Waals surface area contributed by atoms with E-state index in [2.05, 4.69) is 25.0 Å². The van der Waals surface area contributed by atoms with Crippen LogP contribution in [0.3, 0.4) is 0 Å². The Bertz CT molecular complexity index is 1190. The van der Waals surface area contributed by atoms with Gasteiger partial charge in [-0.15, -0.1) is 11.3 Å². The number of hydrogen-bond acceptors (Lipinski definition) is 7. The van der Waals surface area contributed by atoms with Crippen molar-refractivity contribution >= 4 is 44.6 Å². The maximum atomic E-state index is 15.3. The summed E-state index contributed by atoms with van der Waals surface area (Å²) in [5, 5.41) is 3.98. The molecule has 1 fully saturated rings. The van der Waals surface area contributed by atoms with Gasteiger partial charge in [0.05, 0.1) is 33.2 Å². The Hall–Kier alpha value is -2.30. The summed E-state index contributed by atoms with van der Waals surface area (Å²) in [5.41, 5.74) is 0.877. The van der Waals surface area contributed by atoms with Gasteiger partial charge in [0.2, 0.25) is 16.0 Å². The van der Waals surface area contributed by atoms with Gasteiger partial charge in [0.1, 0.15) is 0 Å². The van der Waals surface area contributed by atoms with Gasteiger partial charge in [-0.2, -0.15) is 0 Å². The highest BCUT2D eigenvalue weighted by Crippen LogP contribution is 2.47. The standard InChI is InChI=1S/C18H17ClFN5O2S2/c1-21-18-22-6-5-12(23-18)16-15(24-17(28-16)9-3-4-9)11-7-10(19)8-13(14(11)20)25-29(2,26)27/h5-9,25H,3-4H2,1-2H3,(H,21,22,23). The Morgan fingerprint density at radius 3 is 2.69 bits per heavy atom. The quantitative estimate of drug-likeness (QED) is 0.576. The van der Waals surface area contributed by atoms with Crippen LogP contribution in [-0.2, 0) is 10.0 Å². The summed E-state index contributed by atoms with van der Waals surface area (Å²) in [6.07, 6.45) is 4.64. The third kappa shape index (κ3) is 4.34. The lowest BCUT2D eigenvalue weighted by Gasteiger charge is -2.11. The van der Waals surface area contributed by atoms with Crippen LogP contribution in [0.1, 0.15) is 23.8 Å². The predicted molar refractivity (Wildman–Crippen MR) is 114 cm³/mol. The molecule has 1 aliphatic rings. The number of hydrogen-bond donors (Lipinski definition) is 2. The molecule has 0 amide bonds. The molecule has 0 saturated heterocycles. The van der Waals surface area contributed by atoms with Crippen molar-refractivity contribution in [1.82, 2.24) is 15.0 Å². The molecule has 0 spiro atoms. The summed E-state index contributed by atoms with van der Waals surface area (Å²) < 4.78 is 40.7. The summed E-state index contributed by atoms with van der Waals surface area (Å²) in [6, 6.07) is 4.41. The minimum absolute atomic E-state index is 0.117. The Labute approximate surface area is 176 Å². The van der Waals surface area contributed by atoms with E-state index < -0.39 is 15.8 Å². The molecule has 0 atom stereocenters. The van der Waals surface area contributed by atoms with E-state index in [4.69, 9.17) is 11.6 Å². The third-order valence-corrected chi connectivity index (χ3v) is 6.32. The van der Waals surface area contributed by atoms with Crippen LogP contribution >= 0.6 is 22.9 Å². The summed E-state index contributed by atoms with van der Waals surface area (Å²) in [7, 11) is -1.97. The number of anilines is 2. The van der Waals surface area contributed by atoms with Gasteiger partial charge in [-0.3, -0.25) is 4.72 Å².